The molecule has 0 bridgehead atoms. The molecule has 0 saturated heterocycles. The first-order valence-electron chi connectivity index (χ1n) is 6.84. The highest BCUT2D eigenvalue weighted by Crippen LogP contribution is 2.34. The van der Waals surface area contributed by atoms with Crippen LogP contribution in [0.4, 0.5) is 0 Å². The van der Waals surface area contributed by atoms with Gasteiger partial charge in [-0.25, -0.2) is 0 Å². The first-order chi connectivity index (χ1) is 9.61. The zero-order valence-electron chi connectivity index (χ0n) is 12.0. The summed E-state index contributed by atoms with van der Waals surface area (Å²) in [5, 5.41) is 5.73. The van der Waals surface area contributed by atoms with Gasteiger partial charge in [-0.15, -0.1) is 11.3 Å². The lowest BCUT2D eigenvalue weighted by Crippen LogP contribution is -2.22. The van der Waals surface area contributed by atoms with Crippen molar-refractivity contribution in [2.75, 3.05) is 6.54 Å². The first-order valence-corrected chi connectivity index (χ1v) is 8.52. The Bertz CT molecular complexity index is 553. The number of hydrogen-bond acceptors (Lipinski definition) is 3. The van der Waals surface area contributed by atoms with Gasteiger partial charge in [0.2, 0.25) is 0 Å². The third-order valence-corrected chi connectivity index (χ3v) is 4.44. The van der Waals surface area contributed by atoms with Crippen LogP contribution in [0.2, 0.25) is 0 Å². The third kappa shape index (κ3) is 3.84. The number of nitrogens with one attached hydrogen (secondary N) is 1. The molecule has 0 aliphatic carbocycles. The van der Waals surface area contributed by atoms with Crippen molar-refractivity contribution in [2.24, 2.45) is 0 Å². The fraction of sp³-hybridized carbons (Fsp3) is 0.375. The third-order valence-electron chi connectivity index (χ3n) is 2.92. The van der Waals surface area contributed by atoms with Gasteiger partial charge in [-0.2, -0.15) is 0 Å². The highest BCUT2D eigenvalue weighted by atomic mass is 79.9. The molecule has 0 radical (unpaired) electrons. The van der Waals surface area contributed by atoms with Crippen LogP contribution in [0.3, 0.4) is 0 Å². The van der Waals surface area contributed by atoms with Crippen molar-refractivity contribution in [1.29, 1.82) is 0 Å². The minimum absolute atomic E-state index is 0.164. The lowest BCUT2D eigenvalue weighted by Gasteiger charge is -2.22. The van der Waals surface area contributed by atoms with Crippen LogP contribution in [-0.4, -0.2) is 12.6 Å². The summed E-state index contributed by atoms with van der Waals surface area (Å²) in [6.45, 7) is 7.15. The molecular formula is C16H20BrNOS. The van der Waals surface area contributed by atoms with Crippen molar-refractivity contribution in [3.63, 3.8) is 0 Å². The molecular weight excluding hydrogens is 334 g/mol. The van der Waals surface area contributed by atoms with Gasteiger partial charge in [0.05, 0.1) is 15.9 Å². The number of halogens is 1. The lowest BCUT2D eigenvalue weighted by atomic mass is 10.00. The summed E-state index contributed by atoms with van der Waals surface area (Å²) in [5.74, 6) is 0.954. The molecule has 0 aliphatic heterocycles. The summed E-state index contributed by atoms with van der Waals surface area (Å²) in [5.41, 5.74) is 2.46. The summed E-state index contributed by atoms with van der Waals surface area (Å²) in [4.78, 5) is 0. The van der Waals surface area contributed by atoms with Gasteiger partial charge in [0.1, 0.15) is 5.75 Å². The standard InChI is InChI=1S/C16H20BrNOS/c1-4-18-16(12-9-15(17)20-10-12)13-7-5-6-8-14(13)19-11(2)3/h5-11,16,18H,4H2,1-3H3. The fourth-order valence-electron chi connectivity index (χ4n) is 2.17. The highest BCUT2D eigenvalue weighted by molar-refractivity contribution is 9.11. The van der Waals surface area contributed by atoms with E-state index in [2.05, 4.69) is 65.6 Å². The van der Waals surface area contributed by atoms with Crippen molar-refractivity contribution in [1.82, 2.24) is 5.32 Å². The number of thiophene rings is 1. The smallest absolute Gasteiger partial charge is 0.124 e. The molecule has 108 valence electrons. The minimum Gasteiger partial charge on any atom is -0.491 e. The Labute approximate surface area is 133 Å². The number of para-hydroxylation sites is 1. The van der Waals surface area contributed by atoms with E-state index in [1.54, 1.807) is 11.3 Å². The second-order valence-electron chi connectivity index (χ2n) is 4.88. The van der Waals surface area contributed by atoms with Gasteiger partial charge >= 0.3 is 0 Å². The largest absolute Gasteiger partial charge is 0.491 e. The minimum atomic E-state index is 0.164. The molecule has 20 heavy (non-hydrogen) atoms. The molecule has 0 spiro atoms. The van der Waals surface area contributed by atoms with E-state index in [0.29, 0.717) is 0 Å². The maximum Gasteiger partial charge on any atom is 0.124 e. The van der Waals surface area contributed by atoms with Crippen LogP contribution in [0.5, 0.6) is 5.75 Å². The Kier molecular flexibility index (Phi) is 5.64. The van der Waals surface area contributed by atoms with E-state index in [-0.39, 0.29) is 12.1 Å². The maximum absolute atomic E-state index is 5.95. The number of hydrogen-bond donors (Lipinski definition) is 1. The van der Waals surface area contributed by atoms with Gasteiger partial charge < -0.3 is 10.1 Å². The fourth-order valence-corrected chi connectivity index (χ4v) is 3.37. The Morgan fingerprint density at radius 2 is 2.05 bits per heavy atom. The van der Waals surface area contributed by atoms with Crippen molar-refractivity contribution in [3.8, 4) is 5.75 Å². The van der Waals surface area contributed by atoms with E-state index in [0.717, 1.165) is 16.1 Å². The summed E-state index contributed by atoms with van der Waals surface area (Å²) >= 11 is 5.25. The molecule has 0 aliphatic rings. The summed E-state index contributed by atoms with van der Waals surface area (Å²) in [6, 6.07) is 10.6. The zero-order valence-corrected chi connectivity index (χ0v) is 14.4. The molecule has 1 aromatic heterocycles. The van der Waals surface area contributed by atoms with E-state index in [1.165, 1.54) is 11.1 Å². The molecule has 0 amide bonds. The first kappa shape index (κ1) is 15.5. The molecule has 0 fully saturated rings. The van der Waals surface area contributed by atoms with Crippen LogP contribution in [0, 0.1) is 0 Å². The SMILES string of the molecule is CCNC(c1csc(Br)c1)c1ccccc1OC(C)C. The van der Waals surface area contributed by atoms with Crippen molar-refractivity contribution < 1.29 is 4.74 Å². The Hall–Kier alpha value is -0.840. The van der Waals surface area contributed by atoms with Crippen LogP contribution in [0.1, 0.15) is 37.9 Å². The summed E-state index contributed by atoms with van der Waals surface area (Å²) in [6.07, 6.45) is 0.174. The van der Waals surface area contributed by atoms with Crippen LogP contribution < -0.4 is 10.1 Å². The van der Waals surface area contributed by atoms with Crippen LogP contribution in [-0.2, 0) is 0 Å². The molecule has 1 N–H and O–H groups in total. The van der Waals surface area contributed by atoms with Crippen molar-refractivity contribution in [2.45, 2.75) is 32.9 Å². The van der Waals surface area contributed by atoms with E-state index in [4.69, 9.17) is 4.74 Å². The molecule has 1 unspecified atom stereocenters. The molecule has 2 nitrogen and oxygen atoms in total. The van der Waals surface area contributed by atoms with Gasteiger partial charge in [-0.3, -0.25) is 0 Å². The van der Waals surface area contributed by atoms with Gasteiger partial charge in [0.15, 0.2) is 0 Å². The average Bonchev–Trinajstić information content (AvgIpc) is 2.83. The Morgan fingerprint density at radius 3 is 2.65 bits per heavy atom. The molecule has 2 rings (SSSR count). The molecule has 0 saturated carbocycles. The quantitative estimate of drug-likeness (QED) is 0.789. The predicted octanol–water partition coefficient (Wildman–Crippen LogP) is 5.00. The Morgan fingerprint density at radius 1 is 1.30 bits per heavy atom. The van der Waals surface area contributed by atoms with Crippen molar-refractivity contribution in [3.05, 3.63) is 50.6 Å². The number of rotatable bonds is 6. The van der Waals surface area contributed by atoms with Crippen LogP contribution in [0.15, 0.2) is 39.5 Å². The van der Waals surface area contributed by atoms with E-state index in [1.807, 2.05) is 12.1 Å². The summed E-state index contributed by atoms with van der Waals surface area (Å²) in [7, 11) is 0. The summed E-state index contributed by atoms with van der Waals surface area (Å²) < 4.78 is 7.10. The van der Waals surface area contributed by atoms with E-state index < -0.39 is 0 Å². The van der Waals surface area contributed by atoms with Gasteiger partial charge in [-0.1, -0.05) is 25.1 Å². The molecule has 2 aromatic rings. The Balaban J connectivity index is 2.38. The topological polar surface area (TPSA) is 21.3 Å². The molecule has 1 atom stereocenters. The van der Waals surface area contributed by atoms with Crippen LogP contribution in [0.25, 0.3) is 0 Å². The average molecular weight is 354 g/mol. The normalized spacial score (nSPS) is 12.7. The van der Waals surface area contributed by atoms with Crippen LogP contribution >= 0.6 is 27.3 Å². The number of ether oxygens (including phenoxy) is 1. The van der Waals surface area contributed by atoms with E-state index in [9.17, 15) is 0 Å². The molecule has 4 heteroatoms. The maximum atomic E-state index is 5.95. The lowest BCUT2D eigenvalue weighted by molar-refractivity contribution is 0.238. The van der Waals surface area contributed by atoms with Gasteiger partial charge in [0, 0.05) is 5.56 Å². The zero-order chi connectivity index (χ0) is 14.5. The monoisotopic (exact) mass is 353 g/mol. The van der Waals surface area contributed by atoms with Crippen molar-refractivity contribution >= 4 is 27.3 Å². The van der Waals surface area contributed by atoms with E-state index >= 15 is 0 Å². The number of benzene rings is 1. The second-order valence-corrected chi connectivity index (χ2v) is 7.17. The molecule has 1 heterocycles. The molecule has 1 aromatic carbocycles. The predicted molar refractivity (Wildman–Crippen MR) is 89.7 cm³/mol. The second kappa shape index (κ2) is 7.25. The van der Waals surface area contributed by atoms with Gasteiger partial charge in [0.25, 0.3) is 0 Å². The van der Waals surface area contributed by atoms with Gasteiger partial charge in [-0.05, 0) is 59.4 Å². The highest BCUT2D eigenvalue weighted by Gasteiger charge is 2.18.